The van der Waals surface area contributed by atoms with Crippen molar-refractivity contribution < 1.29 is 19.1 Å². The van der Waals surface area contributed by atoms with Gasteiger partial charge >= 0.3 is 5.97 Å². The summed E-state index contributed by atoms with van der Waals surface area (Å²) in [6.07, 6.45) is 4.26. The Morgan fingerprint density at radius 3 is 2.55 bits per heavy atom. The monoisotopic (exact) mass is 341 g/mol. The molecule has 2 atom stereocenters. The second kappa shape index (κ2) is 6.17. The molecule has 1 aliphatic carbocycles. The minimum Gasteiger partial charge on any atom is -0.481 e. The molecule has 1 aliphatic rings. The number of anilines is 1. The maximum Gasteiger partial charge on any atom is 0.307 e. The first kappa shape index (κ1) is 14.7. The Hall–Kier alpha value is -1.69. The number of allylic oxidation sites excluding steroid dienone is 2. The molecule has 4 nitrogen and oxygen atoms in total. The zero-order chi connectivity index (χ0) is 14.7. The van der Waals surface area contributed by atoms with E-state index in [2.05, 4.69) is 21.2 Å². The molecule has 1 aromatic carbocycles. The maximum atomic E-state index is 13.2. The van der Waals surface area contributed by atoms with Crippen molar-refractivity contribution in [1.82, 2.24) is 0 Å². The van der Waals surface area contributed by atoms with Crippen LogP contribution in [0.3, 0.4) is 0 Å². The average molecular weight is 342 g/mol. The third-order valence-corrected chi connectivity index (χ3v) is 3.96. The molecule has 1 amide bonds. The molecule has 0 bridgehead atoms. The Morgan fingerprint density at radius 2 is 1.90 bits per heavy atom. The van der Waals surface area contributed by atoms with Gasteiger partial charge in [0.15, 0.2) is 0 Å². The van der Waals surface area contributed by atoms with Crippen LogP contribution < -0.4 is 5.32 Å². The van der Waals surface area contributed by atoms with Crippen molar-refractivity contribution in [1.29, 1.82) is 0 Å². The molecule has 0 aromatic heterocycles. The zero-order valence-electron chi connectivity index (χ0n) is 10.5. The van der Waals surface area contributed by atoms with E-state index in [9.17, 15) is 14.0 Å². The topological polar surface area (TPSA) is 66.4 Å². The average Bonchev–Trinajstić information content (AvgIpc) is 2.42. The van der Waals surface area contributed by atoms with E-state index in [-0.39, 0.29) is 0 Å². The summed E-state index contributed by atoms with van der Waals surface area (Å²) in [5.41, 5.74) is 0.300. The first-order valence-electron chi connectivity index (χ1n) is 6.12. The van der Waals surface area contributed by atoms with Crippen molar-refractivity contribution in [3.05, 3.63) is 40.6 Å². The van der Waals surface area contributed by atoms with Crippen LogP contribution in [0.15, 0.2) is 34.8 Å². The Labute approximate surface area is 123 Å². The van der Waals surface area contributed by atoms with E-state index in [0.717, 1.165) is 0 Å². The van der Waals surface area contributed by atoms with Crippen LogP contribution in [0.4, 0.5) is 10.1 Å². The molecule has 1 aromatic rings. The van der Waals surface area contributed by atoms with Gasteiger partial charge in [-0.25, -0.2) is 4.39 Å². The SMILES string of the molecule is O=C(O)[C@H]1CC=CC[C@H]1C(=O)Nc1cc(F)ccc1Br. The highest BCUT2D eigenvalue weighted by Crippen LogP contribution is 2.29. The van der Waals surface area contributed by atoms with Crippen LogP contribution in [0.5, 0.6) is 0 Å². The van der Waals surface area contributed by atoms with Gasteiger partial charge < -0.3 is 10.4 Å². The number of carboxylic acid groups (broad SMARTS) is 1. The Morgan fingerprint density at radius 1 is 1.25 bits per heavy atom. The molecular formula is C14H13BrFNO3. The molecule has 106 valence electrons. The highest BCUT2D eigenvalue weighted by atomic mass is 79.9. The quantitative estimate of drug-likeness (QED) is 0.829. The molecule has 2 N–H and O–H groups in total. The van der Waals surface area contributed by atoms with Gasteiger partial charge in [0.05, 0.1) is 17.5 Å². The summed E-state index contributed by atoms with van der Waals surface area (Å²) in [7, 11) is 0. The van der Waals surface area contributed by atoms with Crippen LogP contribution in [-0.4, -0.2) is 17.0 Å². The van der Waals surface area contributed by atoms with Crippen LogP contribution in [-0.2, 0) is 9.59 Å². The predicted molar refractivity (Wildman–Crippen MR) is 75.7 cm³/mol. The zero-order valence-corrected chi connectivity index (χ0v) is 12.1. The molecule has 6 heteroatoms. The molecule has 0 radical (unpaired) electrons. The highest BCUT2D eigenvalue weighted by Gasteiger charge is 2.34. The summed E-state index contributed by atoms with van der Waals surface area (Å²) < 4.78 is 13.7. The lowest BCUT2D eigenvalue weighted by Gasteiger charge is -2.24. The van der Waals surface area contributed by atoms with Crippen LogP contribution >= 0.6 is 15.9 Å². The summed E-state index contributed by atoms with van der Waals surface area (Å²) in [6, 6.07) is 3.94. The largest absolute Gasteiger partial charge is 0.481 e. The molecule has 0 fully saturated rings. The van der Waals surface area contributed by atoms with Crippen molar-refractivity contribution in [2.24, 2.45) is 11.8 Å². The van der Waals surface area contributed by atoms with E-state index in [0.29, 0.717) is 23.0 Å². The number of carbonyl (C=O) groups excluding carboxylic acids is 1. The Bertz CT molecular complexity index is 574. The van der Waals surface area contributed by atoms with Crippen LogP contribution in [0.25, 0.3) is 0 Å². The molecule has 20 heavy (non-hydrogen) atoms. The van der Waals surface area contributed by atoms with Crippen LogP contribution in [0, 0.1) is 17.7 Å². The summed E-state index contributed by atoms with van der Waals surface area (Å²) >= 11 is 3.22. The summed E-state index contributed by atoms with van der Waals surface area (Å²) in [6.45, 7) is 0. The normalized spacial score (nSPS) is 21.5. The minimum absolute atomic E-state index is 0.300. The molecule has 0 saturated heterocycles. The summed E-state index contributed by atoms with van der Waals surface area (Å²) in [5, 5.41) is 11.7. The van der Waals surface area contributed by atoms with Crippen molar-refractivity contribution in [2.45, 2.75) is 12.8 Å². The fourth-order valence-electron chi connectivity index (χ4n) is 2.20. The molecule has 0 heterocycles. The van der Waals surface area contributed by atoms with E-state index in [1.165, 1.54) is 18.2 Å². The maximum absolute atomic E-state index is 13.2. The Kier molecular flexibility index (Phi) is 4.54. The number of nitrogens with one attached hydrogen (secondary N) is 1. The number of carbonyl (C=O) groups is 2. The van der Waals surface area contributed by atoms with Gasteiger partial charge in [0.25, 0.3) is 0 Å². The smallest absolute Gasteiger partial charge is 0.307 e. The molecule has 0 saturated carbocycles. The number of carboxylic acids is 1. The number of amides is 1. The van der Waals surface area contributed by atoms with Gasteiger partial charge in [-0.15, -0.1) is 0 Å². The van der Waals surface area contributed by atoms with E-state index >= 15 is 0 Å². The van der Waals surface area contributed by atoms with Crippen LogP contribution in [0.1, 0.15) is 12.8 Å². The lowest BCUT2D eigenvalue weighted by molar-refractivity contribution is -0.146. The number of halogens is 2. The van der Waals surface area contributed by atoms with Gasteiger partial charge in [0, 0.05) is 4.47 Å². The van der Waals surface area contributed by atoms with Gasteiger partial charge in [-0.05, 0) is 47.0 Å². The first-order chi connectivity index (χ1) is 9.49. The standard InChI is InChI=1S/C14H13BrFNO3/c15-11-6-5-8(16)7-12(11)17-13(18)9-3-1-2-4-10(9)14(19)20/h1-2,5-7,9-10H,3-4H2,(H,17,18)(H,19,20)/t9-,10+/m1/s1. The van der Waals surface area contributed by atoms with Crippen molar-refractivity contribution in [2.75, 3.05) is 5.32 Å². The lowest BCUT2D eigenvalue weighted by Crippen LogP contribution is -2.34. The lowest BCUT2D eigenvalue weighted by atomic mass is 9.82. The summed E-state index contributed by atoms with van der Waals surface area (Å²) in [4.78, 5) is 23.4. The minimum atomic E-state index is -0.993. The number of hydrogen-bond donors (Lipinski definition) is 2. The van der Waals surface area contributed by atoms with Crippen molar-refractivity contribution in [3.8, 4) is 0 Å². The molecule has 0 unspecified atom stereocenters. The number of benzene rings is 1. The number of aliphatic carboxylic acids is 1. The van der Waals surface area contributed by atoms with Gasteiger partial charge in [0.2, 0.25) is 5.91 Å². The third kappa shape index (κ3) is 3.25. The van der Waals surface area contributed by atoms with E-state index in [1.807, 2.05) is 0 Å². The highest BCUT2D eigenvalue weighted by molar-refractivity contribution is 9.10. The molecule has 2 rings (SSSR count). The summed E-state index contributed by atoms with van der Waals surface area (Å²) in [5.74, 6) is -3.26. The molecule has 0 spiro atoms. The van der Waals surface area contributed by atoms with E-state index in [4.69, 9.17) is 5.11 Å². The van der Waals surface area contributed by atoms with E-state index in [1.54, 1.807) is 12.2 Å². The third-order valence-electron chi connectivity index (χ3n) is 3.27. The van der Waals surface area contributed by atoms with Crippen molar-refractivity contribution >= 4 is 33.5 Å². The number of rotatable bonds is 3. The number of hydrogen-bond acceptors (Lipinski definition) is 2. The van der Waals surface area contributed by atoms with E-state index < -0.39 is 29.5 Å². The van der Waals surface area contributed by atoms with Crippen molar-refractivity contribution in [3.63, 3.8) is 0 Å². The molecule has 0 aliphatic heterocycles. The Balaban J connectivity index is 2.16. The predicted octanol–water partition coefficient (Wildman–Crippen LogP) is 3.19. The van der Waals surface area contributed by atoms with Gasteiger partial charge in [-0.2, -0.15) is 0 Å². The van der Waals surface area contributed by atoms with Gasteiger partial charge in [-0.1, -0.05) is 12.2 Å². The van der Waals surface area contributed by atoms with Gasteiger partial charge in [0.1, 0.15) is 5.82 Å². The van der Waals surface area contributed by atoms with Crippen LogP contribution in [0.2, 0.25) is 0 Å². The molecular weight excluding hydrogens is 329 g/mol. The second-order valence-corrected chi connectivity index (χ2v) is 5.46. The first-order valence-corrected chi connectivity index (χ1v) is 6.92. The fraction of sp³-hybridized carbons (Fsp3) is 0.286. The second-order valence-electron chi connectivity index (χ2n) is 4.61. The fourth-order valence-corrected chi connectivity index (χ4v) is 2.54. The van der Waals surface area contributed by atoms with Gasteiger partial charge in [-0.3, -0.25) is 9.59 Å².